The molecule has 8 heteroatoms. The fraction of sp³-hybridized carbons (Fsp3) is 0.132. The Labute approximate surface area is 268 Å². The monoisotopic (exact) mass is 620 g/mol. The van der Waals surface area contributed by atoms with Gasteiger partial charge < -0.3 is 24.8 Å². The van der Waals surface area contributed by atoms with Crippen molar-refractivity contribution < 1.29 is 39.2 Å². The molecule has 0 spiro atoms. The molecule has 0 saturated heterocycles. The first kappa shape index (κ1) is 34.6. The fourth-order valence-electron chi connectivity index (χ4n) is 3.84. The van der Waals surface area contributed by atoms with Crippen molar-refractivity contribution in [2.45, 2.75) is 34.6 Å². The second-order valence-corrected chi connectivity index (χ2v) is 10.6. The molecule has 8 nitrogen and oxygen atoms in total. The Bertz CT molecular complexity index is 1790. The lowest BCUT2D eigenvalue weighted by Gasteiger charge is -2.10. The fourth-order valence-corrected chi connectivity index (χ4v) is 3.84. The maximum Gasteiger partial charge on any atom is 0.343 e. The molecule has 5 aromatic carbocycles. The average molecular weight is 621 g/mol. The van der Waals surface area contributed by atoms with Gasteiger partial charge >= 0.3 is 17.9 Å². The number of phenolic OH excluding ortho intramolecular Hbond substituents is 2. The number of carbonyl (C=O) groups is 3. The quantitative estimate of drug-likeness (QED) is 0.102. The number of carboxylic acid groups (broad SMARTS) is 1. The topological polar surface area (TPSA) is 130 Å². The van der Waals surface area contributed by atoms with Crippen molar-refractivity contribution in [3.05, 3.63) is 154 Å². The highest BCUT2D eigenvalue weighted by molar-refractivity contribution is 5.92. The summed E-state index contributed by atoms with van der Waals surface area (Å²) in [6, 6.07) is 30.4. The van der Waals surface area contributed by atoms with Gasteiger partial charge in [-0.1, -0.05) is 53.1 Å². The number of rotatable bonds is 5. The van der Waals surface area contributed by atoms with Crippen molar-refractivity contribution in [2.75, 3.05) is 0 Å². The molecule has 46 heavy (non-hydrogen) atoms. The Balaban J connectivity index is 0.000000246. The Morgan fingerprint density at radius 3 is 1.37 bits per heavy atom. The number of aromatic carboxylic acids is 1. The highest BCUT2D eigenvalue weighted by atomic mass is 16.5. The molecule has 236 valence electrons. The zero-order valence-corrected chi connectivity index (χ0v) is 26.3. The van der Waals surface area contributed by atoms with Crippen LogP contribution in [0.4, 0.5) is 0 Å². The normalized spacial score (nSPS) is 9.93. The van der Waals surface area contributed by atoms with Crippen LogP contribution in [0.3, 0.4) is 0 Å². The summed E-state index contributed by atoms with van der Waals surface area (Å²) in [5.74, 6) is -0.511. The van der Waals surface area contributed by atoms with Crippen LogP contribution in [-0.2, 0) is 0 Å². The number of benzene rings is 5. The summed E-state index contributed by atoms with van der Waals surface area (Å²) in [7, 11) is 0. The summed E-state index contributed by atoms with van der Waals surface area (Å²) < 4.78 is 10.8. The number of esters is 2. The van der Waals surface area contributed by atoms with Gasteiger partial charge in [-0.2, -0.15) is 0 Å². The molecule has 0 heterocycles. The van der Waals surface area contributed by atoms with Gasteiger partial charge in [0.15, 0.2) is 0 Å². The lowest BCUT2D eigenvalue weighted by molar-refractivity contribution is 0.0693. The van der Waals surface area contributed by atoms with Gasteiger partial charge in [0, 0.05) is 0 Å². The highest BCUT2D eigenvalue weighted by Gasteiger charge is 2.13. The molecule has 0 bridgehead atoms. The van der Waals surface area contributed by atoms with Crippen molar-refractivity contribution in [2.24, 2.45) is 0 Å². The second-order valence-electron chi connectivity index (χ2n) is 10.6. The van der Waals surface area contributed by atoms with E-state index in [1.165, 1.54) is 18.2 Å². The summed E-state index contributed by atoms with van der Waals surface area (Å²) in [4.78, 5) is 34.8. The third-order valence-corrected chi connectivity index (χ3v) is 6.61. The number of carboxylic acids is 1. The largest absolute Gasteiger partial charge is 0.508 e. The second kappa shape index (κ2) is 16.3. The lowest BCUT2D eigenvalue weighted by atomic mass is 10.1. The van der Waals surface area contributed by atoms with Crippen molar-refractivity contribution in [1.29, 1.82) is 0 Å². The van der Waals surface area contributed by atoms with Crippen molar-refractivity contribution in [3.63, 3.8) is 0 Å². The van der Waals surface area contributed by atoms with Gasteiger partial charge in [0.25, 0.3) is 0 Å². The van der Waals surface area contributed by atoms with E-state index in [1.807, 2.05) is 45.0 Å². The van der Waals surface area contributed by atoms with Gasteiger partial charge in [0.2, 0.25) is 0 Å². The van der Waals surface area contributed by atoms with Crippen molar-refractivity contribution in [1.82, 2.24) is 0 Å². The summed E-state index contributed by atoms with van der Waals surface area (Å²) >= 11 is 0. The van der Waals surface area contributed by atoms with Crippen LogP contribution in [0.2, 0.25) is 0 Å². The molecule has 5 aromatic rings. The third-order valence-electron chi connectivity index (χ3n) is 6.61. The van der Waals surface area contributed by atoms with Crippen LogP contribution in [-0.4, -0.2) is 33.2 Å². The molecule has 0 atom stereocenters. The number of aryl methyl sites for hydroxylation is 5. The first-order valence-electron chi connectivity index (χ1n) is 14.3. The van der Waals surface area contributed by atoms with Gasteiger partial charge in [-0.15, -0.1) is 0 Å². The van der Waals surface area contributed by atoms with E-state index in [0.29, 0.717) is 39.3 Å². The van der Waals surface area contributed by atoms with Crippen LogP contribution < -0.4 is 9.47 Å². The number of hydrogen-bond donors (Lipinski definition) is 3. The molecular formula is C38H36O8. The van der Waals surface area contributed by atoms with E-state index in [9.17, 15) is 14.4 Å². The number of ether oxygens (including phenoxy) is 2. The van der Waals surface area contributed by atoms with Gasteiger partial charge in [0.1, 0.15) is 23.0 Å². The molecule has 0 fully saturated rings. The van der Waals surface area contributed by atoms with E-state index in [4.69, 9.17) is 24.8 Å². The summed E-state index contributed by atoms with van der Waals surface area (Å²) in [5, 5.41) is 26.2. The van der Waals surface area contributed by atoms with E-state index in [1.54, 1.807) is 80.6 Å². The molecule has 0 aliphatic carbocycles. The minimum absolute atomic E-state index is 0.185. The predicted molar refractivity (Wildman–Crippen MR) is 176 cm³/mol. The van der Waals surface area contributed by atoms with Gasteiger partial charge in [0.05, 0.1) is 16.7 Å². The number of hydrogen-bond acceptors (Lipinski definition) is 7. The minimum atomic E-state index is -0.875. The first-order chi connectivity index (χ1) is 21.8. The number of aromatic hydroxyl groups is 2. The van der Waals surface area contributed by atoms with Crippen LogP contribution in [0.25, 0.3) is 0 Å². The molecule has 5 rings (SSSR count). The van der Waals surface area contributed by atoms with Crippen molar-refractivity contribution >= 4 is 17.9 Å². The van der Waals surface area contributed by atoms with Crippen LogP contribution in [0.15, 0.2) is 109 Å². The molecule has 0 aliphatic rings. The Morgan fingerprint density at radius 2 is 0.957 bits per heavy atom. The third kappa shape index (κ3) is 10.7. The van der Waals surface area contributed by atoms with Crippen molar-refractivity contribution in [3.8, 4) is 23.0 Å². The smallest absolute Gasteiger partial charge is 0.343 e. The van der Waals surface area contributed by atoms with E-state index in [2.05, 4.69) is 0 Å². The lowest BCUT2D eigenvalue weighted by Crippen LogP contribution is -2.10. The highest BCUT2D eigenvalue weighted by Crippen LogP contribution is 2.25. The molecule has 0 amide bonds. The molecule has 0 aromatic heterocycles. The summed E-state index contributed by atoms with van der Waals surface area (Å²) in [6.45, 7) is 9.35. The first-order valence-corrected chi connectivity index (χ1v) is 14.3. The summed E-state index contributed by atoms with van der Waals surface area (Å²) in [5.41, 5.74) is 5.91. The zero-order chi connectivity index (χ0) is 33.8. The SMILES string of the molecule is Cc1cc(O)ccc1O.Cc1ccc(C(=O)O)cc1.Cc1ccc(C(=O)Oc2ccc(OC(=O)c3ccc(C)cc3)c(C)c2)cc1. The standard InChI is InChI=1S/C23H20O4.C8H8O2.C7H8O2/c1-15-4-8-18(9-5-15)22(24)26-20-12-13-21(17(3)14-20)27-23(25)19-10-6-16(2)7-11-19;1-6-2-4-7(5-3-6)8(9)10;1-5-4-6(8)2-3-7(5)9/h4-14H,1-3H3;2-5H,1H3,(H,9,10);2-4,8-9H,1H3. The van der Waals surface area contributed by atoms with E-state index >= 15 is 0 Å². The van der Waals surface area contributed by atoms with Gasteiger partial charge in [-0.3, -0.25) is 0 Å². The van der Waals surface area contributed by atoms with Crippen LogP contribution in [0.1, 0.15) is 58.9 Å². The Kier molecular flexibility index (Phi) is 12.2. The van der Waals surface area contributed by atoms with Crippen LogP contribution in [0, 0.1) is 34.6 Å². The van der Waals surface area contributed by atoms with Crippen LogP contribution >= 0.6 is 0 Å². The Hall–Kier alpha value is -5.89. The van der Waals surface area contributed by atoms with E-state index < -0.39 is 17.9 Å². The Morgan fingerprint density at radius 1 is 0.500 bits per heavy atom. The average Bonchev–Trinajstić information content (AvgIpc) is 3.02. The van der Waals surface area contributed by atoms with Gasteiger partial charge in [-0.25, -0.2) is 14.4 Å². The van der Waals surface area contributed by atoms with E-state index in [0.717, 1.165) is 16.7 Å². The number of phenols is 2. The maximum absolute atomic E-state index is 12.2. The predicted octanol–water partition coefficient (Wildman–Crippen LogP) is 8.15. The van der Waals surface area contributed by atoms with Gasteiger partial charge in [-0.05, 0) is 119 Å². The maximum atomic E-state index is 12.2. The molecular weight excluding hydrogens is 584 g/mol. The molecule has 0 radical (unpaired) electrons. The molecule has 0 aliphatic heterocycles. The van der Waals surface area contributed by atoms with E-state index in [-0.39, 0.29) is 11.5 Å². The number of carbonyl (C=O) groups excluding carboxylic acids is 2. The van der Waals surface area contributed by atoms with Crippen LogP contribution in [0.5, 0.6) is 23.0 Å². The zero-order valence-electron chi connectivity index (χ0n) is 26.3. The minimum Gasteiger partial charge on any atom is -0.508 e. The summed E-state index contributed by atoms with van der Waals surface area (Å²) in [6.07, 6.45) is 0. The molecule has 0 unspecified atom stereocenters. The molecule has 0 saturated carbocycles. The molecule has 3 N–H and O–H groups in total.